The quantitative estimate of drug-likeness (QED) is 0.845. The predicted octanol–water partition coefficient (Wildman–Crippen LogP) is 2.41. The minimum Gasteiger partial charge on any atom is -0.305 e. The average Bonchev–Trinajstić information content (AvgIpc) is 3.08. The van der Waals surface area contributed by atoms with Gasteiger partial charge in [-0.05, 0) is 37.8 Å². The molecule has 2 heterocycles. The Bertz CT molecular complexity index is 505. The lowest BCUT2D eigenvalue weighted by atomic mass is 10.1. The Kier molecular flexibility index (Phi) is 5.04. The van der Waals surface area contributed by atoms with Crippen molar-refractivity contribution in [3.05, 3.63) is 28.5 Å². The van der Waals surface area contributed by atoms with Crippen molar-refractivity contribution >= 4 is 11.5 Å². The molecule has 6 heteroatoms. The maximum Gasteiger partial charge on any atom is 0.0804 e. The number of nitrogens with zero attached hydrogens (tertiary/aromatic N) is 4. The summed E-state index contributed by atoms with van der Waals surface area (Å²) in [5.41, 5.74) is 2.28. The van der Waals surface area contributed by atoms with Gasteiger partial charge >= 0.3 is 0 Å². The second-order valence-electron chi connectivity index (χ2n) is 4.45. The molecule has 0 bridgehead atoms. The number of aromatic nitrogens is 4. The van der Waals surface area contributed by atoms with Gasteiger partial charge in [-0.25, -0.2) is 0 Å². The molecular weight excluding hydrogens is 258 g/mol. The van der Waals surface area contributed by atoms with E-state index in [9.17, 15) is 0 Å². The molecule has 2 aromatic rings. The number of hydrogen-bond acceptors (Lipinski definition) is 5. The van der Waals surface area contributed by atoms with Gasteiger partial charge in [-0.1, -0.05) is 18.3 Å². The second-order valence-corrected chi connectivity index (χ2v) is 5.24. The molecule has 1 unspecified atom stereocenters. The minimum absolute atomic E-state index is 0.162. The van der Waals surface area contributed by atoms with Gasteiger partial charge in [0.25, 0.3) is 0 Å². The molecule has 2 aromatic heterocycles. The van der Waals surface area contributed by atoms with E-state index in [1.165, 1.54) is 22.0 Å². The summed E-state index contributed by atoms with van der Waals surface area (Å²) >= 11 is 1.48. The minimum atomic E-state index is 0.162. The van der Waals surface area contributed by atoms with Crippen LogP contribution in [0.15, 0.2) is 12.4 Å². The van der Waals surface area contributed by atoms with Gasteiger partial charge in [0.2, 0.25) is 0 Å². The van der Waals surface area contributed by atoms with Crippen LogP contribution in [-0.4, -0.2) is 25.9 Å². The first kappa shape index (κ1) is 14.1. The van der Waals surface area contributed by atoms with E-state index in [0.29, 0.717) is 0 Å². The third-order valence-corrected chi connectivity index (χ3v) is 3.92. The molecule has 0 amide bonds. The molecule has 2 rings (SSSR count). The number of hydrogen-bond donors (Lipinski definition) is 1. The molecule has 0 radical (unpaired) electrons. The molecule has 0 spiro atoms. The van der Waals surface area contributed by atoms with Crippen molar-refractivity contribution < 1.29 is 0 Å². The molecule has 104 valence electrons. The van der Waals surface area contributed by atoms with Gasteiger partial charge in [-0.3, -0.25) is 4.68 Å². The topological polar surface area (TPSA) is 55.6 Å². The fraction of sp³-hybridized carbons (Fsp3) is 0.615. The first-order chi connectivity index (χ1) is 9.30. The Morgan fingerprint density at radius 2 is 2.21 bits per heavy atom. The van der Waals surface area contributed by atoms with Gasteiger partial charge < -0.3 is 5.32 Å². The van der Waals surface area contributed by atoms with Crippen molar-refractivity contribution in [3.8, 4) is 0 Å². The molecule has 19 heavy (non-hydrogen) atoms. The Morgan fingerprint density at radius 3 is 2.84 bits per heavy atom. The van der Waals surface area contributed by atoms with Gasteiger partial charge in [-0.2, -0.15) is 5.10 Å². The van der Waals surface area contributed by atoms with Gasteiger partial charge in [0.15, 0.2) is 0 Å². The standard InChI is InChI=1S/C13H21N5S/c1-4-7-14-12(10-8-15-18(6-3)9-10)13-11(5-2)16-17-19-13/h8-9,12,14H,4-7H2,1-3H3. The Hall–Kier alpha value is -1.27. The molecule has 5 nitrogen and oxygen atoms in total. The van der Waals surface area contributed by atoms with Crippen molar-refractivity contribution in [1.82, 2.24) is 24.7 Å². The molecule has 0 fully saturated rings. The van der Waals surface area contributed by atoms with Crippen LogP contribution in [0.25, 0.3) is 0 Å². The summed E-state index contributed by atoms with van der Waals surface area (Å²) in [6, 6.07) is 0.162. The summed E-state index contributed by atoms with van der Waals surface area (Å²) in [5, 5.41) is 12.2. The monoisotopic (exact) mass is 279 g/mol. The Labute approximate surface area is 118 Å². The van der Waals surface area contributed by atoms with E-state index in [1.807, 2.05) is 10.9 Å². The maximum absolute atomic E-state index is 4.37. The van der Waals surface area contributed by atoms with Crippen molar-refractivity contribution in [2.24, 2.45) is 0 Å². The van der Waals surface area contributed by atoms with Crippen molar-refractivity contribution in [3.63, 3.8) is 0 Å². The third kappa shape index (κ3) is 3.19. The highest BCUT2D eigenvalue weighted by Crippen LogP contribution is 2.27. The van der Waals surface area contributed by atoms with Crippen molar-refractivity contribution in [2.75, 3.05) is 6.54 Å². The highest BCUT2D eigenvalue weighted by Gasteiger charge is 2.21. The van der Waals surface area contributed by atoms with E-state index in [0.717, 1.165) is 31.6 Å². The number of nitrogens with one attached hydrogen (secondary N) is 1. The van der Waals surface area contributed by atoms with E-state index in [1.54, 1.807) is 0 Å². The first-order valence-electron chi connectivity index (χ1n) is 6.86. The first-order valence-corrected chi connectivity index (χ1v) is 7.64. The summed E-state index contributed by atoms with van der Waals surface area (Å²) in [4.78, 5) is 1.21. The number of rotatable bonds is 7. The van der Waals surface area contributed by atoms with Gasteiger partial charge in [-0.15, -0.1) is 5.10 Å². The lowest BCUT2D eigenvalue weighted by Crippen LogP contribution is -2.23. The predicted molar refractivity (Wildman–Crippen MR) is 77.3 cm³/mol. The Morgan fingerprint density at radius 1 is 1.37 bits per heavy atom. The smallest absolute Gasteiger partial charge is 0.0804 e. The van der Waals surface area contributed by atoms with E-state index in [4.69, 9.17) is 0 Å². The van der Waals surface area contributed by atoms with Crippen LogP contribution < -0.4 is 5.32 Å². The molecule has 0 aliphatic rings. The molecular formula is C13H21N5S. The second kappa shape index (κ2) is 6.77. The zero-order valence-electron chi connectivity index (χ0n) is 11.8. The third-order valence-electron chi connectivity index (χ3n) is 3.09. The van der Waals surface area contributed by atoms with E-state index in [2.05, 4.69) is 47.0 Å². The highest BCUT2D eigenvalue weighted by molar-refractivity contribution is 7.05. The van der Waals surface area contributed by atoms with E-state index >= 15 is 0 Å². The molecule has 0 aliphatic heterocycles. The van der Waals surface area contributed by atoms with Gasteiger partial charge in [0.1, 0.15) is 0 Å². The van der Waals surface area contributed by atoms with Gasteiger partial charge in [0.05, 0.1) is 22.8 Å². The zero-order valence-corrected chi connectivity index (χ0v) is 12.6. The van der Waals surface area contributed by atoms with Crippen molar-refractivity contribution in [1.29, 1.82) is 0 Å². The molecule has 0 saturated heterocycles. The van der Waals surface area contributed by atoms with Crippen LogP contribution >= 0.6 is 11.5 Å². The van der Waals surface area contributed by atoms with Crippen LogP contribution in [0.5, 0.6) is 0 Å². The van der Waals surface area contributed by atoms with E-state index in [-0.39, 0.29) is 6.04 Å². The molecule has 1 N–H and O–H groups in total. The SMILES string of the molecule is CCCNC(c1cnn(CC)c1)c1snnc1CC. The van der Waals surface area contributed by atoms with Crippen LogP contribution in [0.4, 0.5) is 0 Å². The van der Waals surface area contributed by atoms with Crippen LogP contribution in [0.2, 0.25) is 0 Å². The largest absolute Gasteiger partial charge is 0.305 e. The summed E-state index contributed by atoms with van der Waals surface area (Å²) in [7, 11) is 0. The fourth-order valence-electron chi connectivity index (χ4n) is 2.03. The molecule has 0 saturated carbocycles. The molecule has 0 aromatic carbocycles. The van der Waals surface area contributed by atoms with Crippen LogP contribution in [0.1, 0.15) is 49.4 Å². The number of aryl methyl sites for hydroxylation is 2. The van der Waals surface area contributed by atoms with Crippen LogP contribution in [0, 0.1) is 0 Å². The lowest BCUT2D eigenvalue weighted by molar-refractivity contribution is 0.598. The van der Waals surface area contributed by atoms with Gasteiger partial charge in [0, 0.05) is 18.3 Å². The normalized spacial score (nSPS) is 12.8. The lowest BCUT2D eigenvalue weighted by Gasteiger charge is -2.16. The maximum atomic E-state index is 4.37. The molecule has 1 atom stereocenters. The summed E-state index contributed by atoms with van der Waals surface area (Å²) in [5.74, 6) is 0. The highest BCUT2D eigenvalue weighted by atomic mass is 32.1. The summed E-state index contributed by atoms with van der Waals surface area (Å²) in [6.07, 6.45) is 6.06. The van der Waals surface area contributed by atoms with Crippen LogP contribution in [-0.2, 0) is 13.0 Å². The summed E-state index contributed by atoms with van der Waals surface area (Å²) in [6.45, 7) is 8.25. The zero-order chi connectivity index (χ0) is 13.7. The van der Waals surface area contributed by atoms with Crippen molar-refractivity contribution in [2.45, 2.75) is 46.2 Å². The Balaban J connectivity index is 2.29. The van der Waals surface area contributed by atoms with Crippen LogP contribution in [0.3, 0.4) is 0 Å². The summed E-state index contributed by atoms with van der Waals surface area (Å²) < 4.78 is 6.05. The average molecular weight is 279 g/mol. The van der Waals surface area contributed by atoms with E-state index < -0.39 is 0 Å². The molecule has 0 aliphatic carbocycles. The fourth-order valence-corrected chi connectivity index (χ4v) is 2.87.